The van der Waals surface area contributed by atoms with Crippen molar-refractivity contribution in [1.29, 1.82) is 0 Å². The van der Waals surface area contributed by atoms with Gasteiger partial charge in [0.15, 0.2) is 0 Å². The fourth-order valence-corrected chi connectivity index (χ4v) is 5.79. The van der Waals surface area contributed by atoms with Crippen molar-refractivity contribution < 1.29 is 13.5 Å². The number of piperazine rings is 1. The Labute approximate surface area is 232 Å². The van der Waals surface area contributed by atoms with Crippen molar-refractivity contribution in [3.63, 3.8) is 0 Å². The van der Waals surface area contributed by atoms with Crippen molar-refractivity contribution in [2.75, 3.05) is 51.3 Å². The Kier molecular flexibility index (Phi) is 6.71. The molecule has 7 rings (SSSR count). The lowest BCUT2D eigenvalue weighted by molar-refractivity contribution is 0.0332. The number of anilines is 2. The van der Waals surface area contributed by atoms with Gasteiger partial charge in [-0.15, -0.1) is 0 Å². The molecule has 40 heavy (non-hydrogen) atoms. The zero-order chi connectivity index (χ0) is 27.1. The molecule has 2 saturated heterocycles. The van der Waals surface area contributed by atoms with Gasteiger partial charge in [0.25, 0.3) is 0 Å². The summed E-state index contributed by atoms with van der Waals surface area (Å²) >= 11 is 0. The minimum atomic E-state index is -0.566. The Bertz CT molecular complexity index is 1490. The number of nitrogens with one attached hydrogen (secondary N) is 2. The lowest BCUT2D eigenvalue weighted by atomic mass is 10.1. The molecule has 0 amide bonds. The maximum Gasteiger partial charge on any atom is 0.229 e. The van der Waals surface area contributed by atoms with E-state index in [0.717, 1.165) is 37.3 Å². The molecule has 2 aromatic heterocycles. The molecule has 2 aromatic carbocycles. The number of aromatic nitrogens is 3. The van der Waals surface area contributed by atoms with E-state index in [2.05, 4.69) is 37.6 Å². The predicted molar refractivity (Wildman–Crippen MR) is 150 cm³/mol. The molecule has 8 nitrogen and oxygen atoms in total. The van der Waals surface area contributed by atoms with E-state index in [1.807, 2.05) is 23.1 Å². The van der Waals surface area contributed by atoms with E-state index in [9.17, 15) is 0 Å². The summed E-state index contributed by atoms with van der Waals surface area (Å²) in [4.78, 5) is 13.7. The largest absolute Gasteiger partial charge is 0.379 e. The van der Waals surface area contributed by atoms with Gasteiger partial charge >= 0.3 is 0 Å². The van der Waals surface area contributed by atoms with E-state index in [4.69, 9.17) is 4.74 Å². The molecule has 0 radical (unpaired) electrons. The Morgan fingerprint density at radius 2 is 1.73 bits per heavy atom. The molecule has 4 aromatic rings. The first-order valence-electron chi connectivity index (χ1n) is 14.0. The van der Waals surface area contributed by atoms with Crippen LogP contribution in [0.4, 0.5) is 20.4 Å². The minimum Gasteiger partial charge on any atom is -0.379 e. The first kappa shape index (κ1) is 25.5. The second kappa shape index (κ2) is 10.5. The SMILES string of the molecule is Fc1cc(-n2ccc3cnc(Nc4ccc(CN5CCNC6(CC6)C5)cc4)nc32)cc(F)c1CN1CCOCC1. The van der Waals surface area contributed by atoms with Crippen LogP contribution in [0, 0.1) is 11.6 Å². The summed E-state index contributed by atoms with van der Waals surface area (Å²) in [6, 6.07) is 12.9. The highest BCUT2D eigenvalue weighted by molar-refractivity contribution is 5.78. The molecule has 2 N–H and O–H groups in total. The van der Waals surface area contributed by atoms with E-state index in [1.165, 1.54) is 30.5 Å². The minimum absolute atomic E-state index is 0.0755. The third kappa shape index (κ3) is 5.32. The molecule has 3 aliphatic rings. The lowest BCUT2D eigenvalue weighted by Gasteiger charge is -2.34. The normalized spacial score (nSPS) is 19.4. The number of benzene rings is 2. The van der Waals surface area contributed by atoms with Gasteiger partial charge in [-0.25, -0.2) is 13.8 Å². The van der Waals surface area contributed by atoms with Gasteiger partial charge in [0.05, 0.1) is 18.9 Å². The number of hydrogen-bond acceptors (Lipinski definition) is 7. The fraction of sp³-hybridized carbons (Fsp3) is 0.400. The maximum absolute atomic E-state index is 15.1. The van der Waals surface area contributed by atoms with Crippen LogP contribution >= 0.6 is 0 Å². The Morgan fingerprint density at radius 3 is 2.48 bits per heavy atom. The quantitative estimate of drug-likeness (QED) is 0.361. The van der Waals surface area contributed by atoms with Crippen LogP contribution in [0.2, 0.25) is 0 Å². The van der Waals surface area contributed by atoms with Gasteiger partial charge in [0.2, 0.25) is 5.95 Å². The highest BCUT2D eigenvalue weighted by Crippen LogP contribution is 2.37. The molecular weight excluding hydrogens is 512 g/mol. The number of rotatable bonds is 7. The molecule has 1 saturated carbocycles. The highest BCUT2D eigenvalue weighted by atomic mass is 19.1. The predicted octanol–water partition coefficient (Wildman–Crippen LogP) is 4.21. The second-order valence-corrected chi connectivity index (χ2v) is 11.2. The fourth-order valence-electron chi connectivity index (χ4n) is 5.79. The number of fused-ring (bicyclic) bond motifs is 1. The number of hydrogen-bond donors (Lipinski definition) is 2. The van der Waals surface area contributed by atoms with Crippen LogP contribution in [0.3, 0.4) is 0 Å². The van der Waals surface area contributed by atoms with E-state index < -0.39 is 11.6 Å². The van der Waals surface area contributed by atoms with Crippen LogP contribution in [0.1, 0.15) is 24.0 Å². The van der Waals surface area contributed by atoms with Crippen LogP contribution in [0.25, 0.3) is 16.7 Å². The maximum atomic E-state index is 15.1. The van der Waals surface area contributed by atoms with Gasteiger partial charge in [-0.2, -0.15) is 4.98 Å². The van der Waals surface area contributed by atoms with Crippen molar-refractivity contribution in [3.05, 3.63) is 77.6 Å². The monoisotopic (exact) mass is 545 g/mol. The number of morpholine rings is 1. The molecule has 10 heteroatoms. The van der Waals surface area contributed by atoms with Gasteiger partial charge < -0.3 is 19.9 Å². The number of halogens is 2. The van der Waals surface area contributed by atoms with Gasteiger partial charge in [-0.05, 0) is 48.7 Å². The van der Waals surface area contributed by atoms with E-state index in [-0.39, 0.29) is 12.1 Å². The van der Waals surface area contributed by atoms with E-state index >= 15 is 8.78 Å². The Balaban J connectivity index is 1.07. The van der Waals surface area contributed by atoms with Gasteiger partial charge in [-0.3, -0.25) is 9.80 Å². The zero-order valence-electron chi connectivity index (χ0n) is 22.4. The summed E-state index contributed by atoms with van der Waals surface area (Å²) in [7, 11) is 0. The number of nitrogens with zero attached hydrogens (tertiary/aromatic N) is 5. The molecule has 2 aliphatic heterocycles. The third-order valence-corrected chi connectivity index (χ3v) is 8.24. The van der Waals surface area contributed by atoms with Crippen molar-refractivity contribution >= 4 is 22.7 Å². The molecular formula is C30H33F2N7O. The molecule has 4 heterocycles. The average molecular weight is 546 g/mol. The van der Waals surface area contributed by atoms with Gasteiger partial charge in [-0.1, -0.05) is 12.1 Å². The molecule has 0 unspecified atom stereocenters. The standard InChI is InChI=1S/C30H33F2N7O/c31-26-15-24(16-27(32)25(26)19-37-11-13-40-14-12-37)39-9-5-22-17-33-29(36-28(22)39)35-23-3-1-21(2-4-23)18-38-10-8-34-30(20-38)6-7-30/h1-5,9,15-17,34H,6-8,10-14,18-20H2,(H,33,35,36). The molecule has 1 spiro atoms. The Morgan fingerprint density at radius 1 is 0.950 bits per heavy atom. The Hall–Kier alpha value is -3.44. The van der Waals surface area contributed by atoms with Crippen LogP contribution in [-0.4, -0.2) is 75.8 Å². The van der Waals surface area contributed by atoms with Gasteiger partial charge in [0, 0.05) is 80.4 Å². The number of ether oxygens (including phenoxy) is 1. The average Bonchev–Trinajstić information content (AvgIpc) is 3.56. The summed E-state index contributed by atoms with van der Waals surface area (Å²) in [5, 5.41) is 7.71. The summed E-state index contributed by atoms with van der Waals surface area (Å²) in [6.07, 6.45) is 6.04. The van der Waals surface area contributed by atoms with Crippen LogP contribution in [0.15, 0.2) is 54.9 Å². The van der Waals surface area contributed by atoms with E-state index in [1.54, 1.807) is 17.0 Å². The van der Waals surface area contributed by atoms with Gasteiger partial charge in [0.1, 0.15) is 17.3 Å². The van der Waals surface area contributed by atoms with Crippen molar-refractivity contribution in [1.82, 2.24) is 29.7 Å². The topological polar surface area (TPSA) is 70.5 Å². The summed E-state index contributed by atoms with van der Waals surface area (Å²) in [5.74, 6) is -0.712. The molecule has 0 atom stereocenters. The first-order valence-corrected chi connectivity index (χ1v) is 14.0. The van der Waals surface area contributed by atoms with Crippen LogP contribution in [0.5, 0.6) is 0 Å². The second-order valence-electron chi connectivity index (χ2n) is 11.2. The molecule has 0 bridgehead atoms. The molecule has 3 fully saturated rings. The third-order valence-electron chi connectivity index (χ3n) is 8.24. The zero-order valence-corrected chi connectivity index (χ0v) is 22.4. The van der Waals surface area contributed by atoms with E-state index in [0.29, 0.717) is 49.1 Å². The summed E-state index contributed by atoms with van der Waals surface area (Å²) in [5.41, 5.74) is 3.55. The summed E-state index contributed by atoms with van der Waals surface area (Å²) in [6.45, 7) is 6.88. The summed E-state index contributed by atoms with van der Waals surface area (Å²) < 4.78 is 37.2. The molecule has 1 aliphatic carbocycles. The first-order chi connectivity index (χ1) is 19.5. The lowest BCUT2D eigenvalue weighted by Crippen LogP contribution is -2.51. The van der Waals surface area contributed by atoms with Crippen LogP contribution in [-0.2, 0) is 17.8 Å². The molecule has 208 valence electrons. The highest BCUT2D eigenvalue weighted by Gasteiger charge is 2.45. The smallest absolute Gasteiger partial charge is 0.229 e. The van der Waals surface area contributed by atoms with Crippen LogP contribution < -0.4 is 10.6 Å². The van der Waals surface area contributed by atoms with Crippen molar-refractivity contribution in [2.45, 2.75) is 31.5 Å². The van der Waals surface area contributed by atoms with Crippen molar-refractivity contribution in [3.8, 4) is 5.69 Å². The van der Waals surface area contributed by atoms with Crippen molar-refractivity contribution in [2.24, 2.45) is 0 Å².